The van der Waals surface area contributed by atoms with Gasteiger partial charge in [0, 0.05) is 74.6 Å². The van der Waals surface area contributed by atoms with Gasteiger partial charge in [-0.15, -0.1) is 0 Å². The number of anilines is 2. The SMILES string of the molecule is CC[C@@](C)(CNc1cc(-c2cnc(N(C)C3CCN(CC(F)F)CC3)nc2)ncn1)c1cccc2c(C(=O)NC)c(F)cnc12. The van der Waals surface area contributed by atoms with Crippen LogP contribution in [0.25, 0.3) is 22.2 Å². The van der Waals surface area contributed by atoms with Gasteiger partial charge in [0.15, 0.2) is 5.82 Å². The second-order valence-corrected chi connectivity index (χ2v) is 11.6. The number of hydrogen-bond acceptors (Lipinski definition) is 9. The maximum atomic E-state index is 14.6. The van der Waals surface area contributed by atoms with E-state index in [4.69, 9.17) is 0 Å². The molecule has 3 aromatic heterocycles. The van der Waals surface area contributed by atoms with E-state index in [9.17, 15) is 18.0 Å². The molecule has 0 bridgehead atoms. The van der Waals surface area contributed by atoms with Crippen molar-refractivity contribution in [3.05, 3.63) is 66.1 Å². The number of carbonyl (C=O) groups excluding carboxylic acids is 1. The number of piperidine rings is 1. The predicted molar refractivity (Wildman–Crippen MR) is 168 cm³/mol. The summed E-state index contributed by atoms with van der Waals surface area (Å²) in [4.78, 5) is 38.6. The summed E-state index contributed by atoms with van der Waals surface area (Å²) in [6.07, 6.45) is 5.98. The van der Waals surface area contributed by atoms with Gasteiger partial charge in [0.05, 0.1) is 29.5 Å². The monoisotopic (exact) mass is 621 g/mol. The lowest BCUT2D eigenvalue weighted by Crippen LogP contribution is -2.45. The van der Waals surface area contributed by atoms with Crippen molar-refractivity contribution in [2.45, 2.75) is 51.0 Å². The van der Waals surface area contributed by atoms with Gasteiger partial charge in [0.1, 0.15) is 12.1 Å². The normalized spacial score (nSPS) is 15.6. The van der Waals surface area contributed by atoms with Gasteiger partial charge in [-0.3, -0.25) is 14.7 Å². The lowest BCUT2D eigenvalue weighted by atomic mass is 9.78. The second kappa shape index (κ2) is 13.7. The number of rotatable bonds is 11. The fourth-order valence-corrected chi connectivity index (χ4v) is 5.83. The number of likely N-dealkylation sites (tertiary alicyclic amines) is 1. The first-order valence-electron chi connectivity index (χ1n) is 15.0. The van der Waals surface area contributed by atoms with E-state index in [2.05, 4.69) is 49.4 Å². The highest BCUT2D eigenvalue weighted by Gasteiger charge is 2.29. The molecule has 1 aliphatic heterocycles. The number of fused-ring (bicyclic) bond motifs is 1. The maximum absolute atomic E-state index is 14.6. The van der Waals surface area contributed by atoms with Crippen LogP contribution in [0.15, 0.2) is 49.2 Å². The van der Waals surface area contributed by atoms with E-state index in [1.807, 2.05) is 30.1 Å². The number of para-hydroxylation sites is 1. The molecule has 1 fully saturated rings. The summed E-state index contributed by atoms with van der Waals surface area (Å²) in [7, 11) is 3.40. The maximum Gasteiger partial charge on any atom is 0.254 e. The van der Waals surface area contributed by atoms with Crippen LogP contribution in [0.2, 0.25) is 0 Å². The molecule has 1 amide bonds. The molecule has 4 heterocycles. The summed E-state index contributed by atoms with van der Waals surface area (Å²) < 4.78 is 40.1. The minimum Gasteiger partial charge on any atom is -0.369 e. The summed E-state index contributed by atoms with van der Waals surface area (Å²) in [5, 5.41) is 6.40. The highest BCUT2D eigenvalue weighted by atomic mass is 19.3. The van der Waals surface area contributed by atoms with Crippen LogP contribution in [0.3, 0.4) is 0 Å². The Morgan fingerprint density at radius 3 is 2.51 bits per heavy atom. The third-order valence-corrected chi connectivity index (χ3v) is 8.81. The third-order valence-electron chi connectivity index (χ3n) is 8.81. The molecule has 0 saturated carbocycles. The van der Waals surface area contributed by atoms with E-state index in [0.29, 0.717) is 48.0 Å². The summed E-state index contributed by atoms with van der Waals surface area (Å²) in [6.45, 7) is 5.71. The number of nitrogens with zero attached hydrogens (tertiary/aromatic N) is 7. The minimum atomic E-state index is -2.32. The van der Waals surface area contributed by atoms with Crippen molar-refractivity contribution in [2.24, 2.45) is 0 Å². The number of carbonyl (C=O) groups is 1. The number of nitrogens with one attached hydrogen (secondary N) is 2. The molecule has 1 atom stereocenters. The lowest BCUT2D eigenvalue weighted by molar-refractivity contribution is 0.0754. The van der Waals surface area contributed by atoms with E-state index in [1.54, 1.807) is 23.4 Å². The van der Waals surface area contributed by atoms with E-state index in [-0.39, 0.29) is 18.2 Å². The average Bonchev–Trinajstić information content (AvgIpc) is 3.06. The van der Waals surface area contributed by atoms with Crippen molar-refractivity contribution in [3.63, 3.8) is 0 Å². The van der Waals surface area contributed by atoms with Crippen LogP contribution in [0.5, 0.6) is 0 Å². The summed E-state index contributed by atoms with van der Waals surface area (Å²) in [5.41, 5.74) is 2.39. The molecule has 4 aromatic rings. The number of hydrogen-bond donors (Lipinski definition) is 2. The summed E-state index contributed by atoms with van der Waals surface area (Å²) in [6, 6.07) is 7.50. The van der Waals surface area contributed by atoms with E-state index in [0.717, 1.165) is 36.6 Å². The Balaban J connectivity index is 1.29. The number of benzene rings is 1. The van der Waals surface area contributed by atoms with Crippen molar-refractivity contribution >= 4 is 28.6 Å². The predicted octanol–water partition coefficient (Wildman–Crippen LogP) is 4.93. The Bertz CT molecular complexity index is 1630. The highest BCUT2D eigenvalue weighted by Crippen LogP contribution is 2.34. The molecular weight excluding hydrogens is 583 g/mol. The Morgan fingerprint density at radius 1 is 1.11 bits per heavy atom. The third kappa shape index (κ3) is 6.98. The van der Waals surface area contributed by atoms with Crippen molar-refractivity contribution in [1.82, 2.24) is 35.1 Å². The Hall–Kier alpha value is -4.39. The number of alkyl halides is 2. The van der Waals surface area contributed by atoms with Crippen molar-refractivity contribution < 1.29 is 18.0 Å². The van der Waals surface area contributed by atoms with Crippen molar-refractivity contribution in [1.29, 1.82) is 0 Å². The molecule has 0 aliphatic carbocycles. The fourth-order valence-electron chi connectivity index (χ4n) is 5.83. The molecule has 1 saturated heterocycles. The average molecular weight is 622 g/mol. The van der Waals surface area contributed by atoms with Gasteiger partial charge in [-0.25, -0.2) is 33.1 Å². The first-order valence-corrected chi connectivity index (χ1v) is 15.0. The Morgan fingerprint density at radius 2 is 1.84 bits per heavy atom. The van der Waals surface area contributed by atoms with Crippen molar-refractivity contribution in [3.8, 4) is 11.3 Å². The largest absolute Gasteiger partial charge is 0.369 e. The first-order chi connectivity index (χ1) is 21.6. The molecule has 0 unspecified atom stereocenters. The van der Waals surface area contributed by atoms with E-state index in [1.165, 1.54) is 13.4 Å². The number of pyridine rings is 1. The highest BCUT2D eigenvalue weighted by molar-refractivity contribution is 6.06. The standard InChI is InChI=1S/C32H38F3N9O/c1-5-32(2,23-8-6-7-22-28(30(45)36-3)24(33)16-37-29(22)23)18-40-27-13-25(41-19-42-27)20-14-38-31(39-15-20)43(4)21-9-11-44(12-10-21)17-26(34)35/h6-8,13-16,19,21,26H,5,9-12,17-18H2,1-4H3,(H,36,45)(H,40,41,42)/t32-/m0/s1. The molecule has 0 radical (unpaired) electrons. The van der Waals surface area contributed by atoms with E-state index < -0.39 is 23.6 Å². The van der Waals surface area contributed by atoms with Gasteiger partial charge < -0.3 is 15.5 Å². The van der Waals surface area contributed by atoms with Crippen LogP contribution >= 0.6 is 0 Å². The number of aromatic nitrogens is 5. The molecule has 0 spiro atoms. The molecule has 2 N–H and O–H groups in total. The van der Waals surface area contributed by atoms with Crippen LogP contribution in [-0.4, -0.2) is 88.5 Å². The van der Waals surface area contributed by atoms with Gasteiger partial charge in [-0.1, -0.05) is 32.0 Å². The zero-order chi connectivity index (χ0) is 32.1. The molecule has 13 heteroatoms. The van der Waals surface area contributed by atoms with Gasteiger partial charge in [-0.2, -0.15) is 0 Å². The van der Waals surface area contributed by atoms with Gasteiger partial charge in [-0.05, 0) is 24.8 Å². The molecule has 45 heavy (non-hydrogen) atoms. The molecule has 1 aliphatic rings. The second-order valence-electron chi connectivity index (χ2n) is 11.6. The Labute approximate surface area is 260 Å². The minimum absolute atomic E-state index is 0.0223. The Kier molecular flexibility index (Phi) is 9.76. The molecule has 5 rings (SSSR count). The van der Waals surface area contributed by atoms with Gasteiger partial charge in [0.2, 0.25) is 5.95 Å². The molecule has 238 valence electrons. The van der Waals surface area contributed by atoms with Crippen LogP contribution < -0.4 is 15.5 Å². The number of amides is 1. The van der Waals surface area contributed by atoms with Crippen LogP contribution in [0.4, 0.5) is 24.9 Å². The number of halogens is 3. The van der Waals surface area contributed by atoms with E-state index >= 15 is 0 Å². The topological polar surface area (TPSA) is 112 Å². The molecule has 10 nitrogen and oxygen atoms in total. The van der Waals surface area contributed by atoms with Gasteiger partial charge >= 0.3 is 0 Å². The molecular formula is C32H38F3N9O. The zero-order valence-corrected chi connectivity index (χ0v) is 25.9. The quantitative estimate of drug-likeness (QED) is 0.241. The summed E-state index contributed by atoms with van der Waals surface area (Å²) >= 11 is 0. The lowest BCUT2D eigenvalue weighted by Gasteiger charge is -2.36. The summed E-state index contributed by atoms with van der Waals surface area (Å²) in [5.74, 6) is 0.0148. The zero-order valence-electron chi connectivity index (χ0n) is 25.9. The van der Waals surface area contributed by atoms with Crippen LogP contribution in [0, 0.1) is 5.82 Å². The first kappa shape index (κ1) is 32.0. The van der Waals surface area contributed by atoms with Crippen LogP contribution in [-0.2, 0) is 5.41 Å². The van der Waals surface area contributed by atoms with Crippen molar-refractivity contribution in [2.75, 3.05) is 50.5 Å². The smallest absolute Gasteiger partial charge is 0.254 e. The molecule has 1 aromatic carbocycles. The van der Waals surface area contributed by atoms with Gasteiger partial charge in [0.25, 0.3) is 12.3 Å². The van der Waals surface area contributed by atoms with Crippen LogP contribution in [0.1, 0.15) is 49.0 Å². The fraction of sp³-hybridized carbons (Fsp3) is 0.438.